The molecule has 0 radical (unpaired) electrons. The lowest BCUT2D eigenvalue weighted by Gasteiger charge is -2.24. The Morgan fingerprint density at radius 1 is 1.15 bits per heavy atom. The minimum atomic E-state index is -0.986. The number of ketones is 1. The van der Waals surface area contributed by atoms with E-state index in [4.69, 9.17) is 25.5 Å². The zero-order valence-corrected chi connectivity index (χ0v) is 19.7. The zero-order valence-electron chi connectivity index (χ0n) is 18.9. The quantitative estimate of drug-likeness (QED) is 0.268. The van der Waals surface area contributed by atoms with E-state index in [2.05, 4.69) is 0 Å². The Hall–Kier alpha value is -3.71. The number of carbonyl (C=O) groups excluding carboxylic acids is 2. The molecule has 0 saturated carbocycles. The molecule has 2 aromatic carbocycles. The summed E-state index contributed by atoms with van der Waals surface area (Å²) in [5, 5.41) is 11.5. The highest BCUT2D eigenvalue weighted by molar-refractivity contribution is 6.51. The van der Waals surface area contributed by atoms with E-state index in [1.165, 1.54) is 24.3 Å². The maximum absolute atomic E-state index is 13.2. The highest BCUT2D eigenvalue weighted by atomic mass is 35.5. The number of nitrogens with zero attached hydrogens (tertiary/aromatic N) is 1. The van der Waals surface area contributed by atoms with Gasteiger partial charge in [0.15, 0.2) is 0 Å². The Bertz CT molecular complexity index is 1250. The molecule has 1 fully saturated rings. The van der Waals surface area contributed by atoms with E-state index in [-0.39, 0.29) is 16.4 Å². The second kappa shape index (κ2) is 9.65. The fourth-order valence-electron chi connectivity index (χ4n) is 3.77. The van der Waals surface area contributed by atoms with Crippen molar-refractivity contribution in [3.63, 3.8) is 0 Å². The van der Waals surface area contributed by atoms with E-state index in [1.54, 1.807) is 48.5 Å². The molecule has 1 N–H and O–H groups in total. The van der Waals surface area contributed by atoms with E-state index in [9.17, 15) is 14.7 Å². The summed E-state index contributed by atoms with van der Waals surface area (Å²) in [6.07, 6.45) is 1.44. The van der Waals surface area contributed by atoms with Gasteiger partial charge in [-0.25, -0.2) is 0 Å². The van der Waals surface area contributed by atoms with Crippen molar-refractivity contribution < 1.29 is 28.6 Å². The Balaban J connectivity index is 1.83. The highest BCUT2D eigenvalue weighted by Gasteiger charge is 2.48. The fourth-order valence-corrected chi connectivity index (χ4v) is 4.02. The first-order valence-corrected chi connectivity index (χ1v) is 11.1. The Labute approximate surface area is 202 Å². The van der Waals surface area contributed by atoms with Crippen molar-refractivity contribution in [3.8, 4) is 11.5 Å². The van der Waals surface area contributed by atoms with Crippen LogP contribution in [0.1, 0.15) is 31.2 Å². The van der Waals surface area contributed by atoms with Gasteiger partial charge in [-0.05, 0) is 48.4 Å². The Kier molecular flexibility index (Phi) is 6.65. The lowest BCUT2D eigenvalue weighted by atomic mass is 9.99. The summed E-state index contributed by atoms with van der Waals surface area (Å²) >= 11 is 6.28. The number of carbonyl (C=O) groups is 2. The number of hydrogen-bond donors (Lipinski definition) is 1. The maximum Gasteiger partial charge on any atom is 0.300 e. The number of aliphatic hydroxyl groups excluding tert-OH is 1. The number of furan rings is 1. The summed E-state index contributed by atoms with van der Waals surface area (Å²) in [5.41, 5.74) is 0.624. The van der Waals surface area contributed by atoms with Gasteiger partial charge in [-0.1, -0.05) is 37.6 Å². The Morgan fingerprint density at radius 3 is 2.59 bits per heavy atom. The summed E-state index contributed by atoms with van der Waals surface area (Å²) in [6, 6.07) is 13.8. The first-order chi connectivity index (χ1) is 16.3. The van der Waals surface area contributed by atoms with Crippen LogP contribution in [0.2, 0.25) is 5.02 Å². The molecule has 7 nitrogen and oxygen atoms in total. The molecule has 1 amide bonds. The number of amides is 1. The number of halogens is 1. The molecular weight excluding hydrogens is 458 g/mol. The van der Waals surface area contributed by atoms with Gasteiger partial charge in [-0.15, -0.1) is 0 Å². The lowest BCUT2D eigenvalue weighted by Crippen LogP contribution is -2.29. The lowest BCUT2D eigenvalue weighted by molar-refractivity contribution is -0.132. The van der Waals surface area contributed by atoms with Gasteiger partial charge in [-0.2, -0.15) is 0 Å². The van der Waals surface area contributed by atoms with E-state index in [0.29, 0.717) is 41.0 Å². The third kappa shape index (κ3) is 4.39. The van der Waals surface area contributed by atoms with Crippen LogP contribution in [0.3, 0.4) is 0 Å². The normalized spacial score (nSPS) is 17.4. The van der Waals surface area contributed by atoms with Crippen LogP contribution in [0.5, 0.6) is 11.5 Å². The molecule has 1 aliphatic rings. The van der Waals surface area contributed by atoms with E-state index < -0.39 is 17.7 Å². The number of rotatable bonds is 7. The molecular formula is C26H24ClNO6. The first-order valence-electron chi connectivity index (χ1n) is 10.7. The third-order valence-electron chi connectivity index (χ3n) is 5.36. The molecule has 2 heterocycles. The van der Waals surface area contributed by atoms with Crippen LogP contribution < -0.4 is 14.4 Å². The fraction of sp³-hybridized carbons (Fsp3) is 0.231. The van der Waals surface area contributed by atoms with Crippen molar-refractivity contribution in [2.45, 2.75) is 19.9 Å². The van der Waals surface area contributed by atoms with Crippen LogP contribution in [0, 0.1) is 5.92 Å². The molecule has 1 aromatic heterocycles. The topological polar surface area (TPSA) is 89.2 Å². The van der Waals surface area contributed by atoms with Crippen LogP contribution in [0.25, 0.3) is 5.76 Å². The number of Topliss-reactive ketones (excluding diaryl/α,β-unsaturated/α-hetero) is 1. The van der Waals surface area contributed by atoms with Gasteiger partial charge in [-0.3, -0.25) is 14.5 Å². The first kappa shape index (κ1) is 23.4. The number of anilines is 1. The van der Waals surface area contributed by atoms with Crippen LogP contribution in [0.4, 0.5) is 5.69 Å². The van der Waals surface area contributed by atoms with Gasteiger partial charge in [0.1, 0.15) is 29.1 Å². The van der Waals surface area contributed by atoms with Gasteiger partial charge in [0, 0.05) is 11.3 Å². The molecule has 1 saturated heterocycles. The van der Waals surface area contributed by atoms with Crippen molar-refractivity contribution >= 4 is 34.7 Å². The average Bonchev–Trinajstić information content (AvgIpc) is 3.44. The highest BCUT2D eigenvalue weighted by Crippen LogP contribution is 2.43. The molecule has 3 aromatic rings. The summed E-state index contributed by atoms with van der Waals surface area (Å²) < 4.78 is 16.5. The SMILES string of the molecule is COc1ccc(N2C(=O)C(=O)/C(=C(\O)c3cccc(OCC(C)C)c3)C2c2ccco2)cc1Cl. The molecule has 0 bridgehead atoms. The number of methoxy groups -OCH3 is 1. The Morgan fingerprint density at radius 2 is 1.94 bits per heavy atom. The van der Waals surface area contributed by atoms with Crippen LogP contribution >= 0.6 is 11.6 Å². The number of hydrogen-bond acceptors (Lipinski definition) is 6. The maximum atomic E-state index is 13.2. The van der Waals surface area contributed by atoms with Crippen LogP contribution in [-0.4, -0.2) is 30.5 Å². The molecule has 1 atom stereocenters. The summed E-state index contributed by atoms with van der Waals surface area (Å²) in [7, 11) is 1.48. The van der Waals surface area contributed by atoms with Crippen molar-refractivity contribution in [2.24, 2.45) is 5.92 Å². The van der Waals surface area contributed by atoms with Gasteiger partial charge in [0.2, 0.25) is 0 Å². The van der Waals surface area contributed by atoms with Gasteiger partial charge >= 0.3 is 0 Å². The largest absolute Gasteiger partial charge is 0.507 e. The molecule has 0 aliphatic carbocycles. The molecule has 176 valence electrons. The smallest absolute Gasteiger partial charge is 0.300 e. The average molecular weight is 482 g/mol. The second-order valence-electron chi connectivity index (χ2n) is 8.24. The van der Waals surface area contributed by atoms with Crippen molar-refractivity contribution in [3.05, 3.63) is 82.8 Å². The van der Waals surface area contributed by atoms with Crippen molar-refractivity contribution in [2.75, 3.05) is 18.6 Å². The zero-order chi connectivity index (χ0) is 24.4. The number of ether oxygens (including phenoxy) is 2. The molecule has 1 unspecified atom stereocenters. The predicted octanol–water partition coefficient (Wildman–Crippen LogP) is 5.60. The van der Waals surface area contributed by atoms with Crippen LogP contribution in [0.15, 0.2) is 70.9 Å². The monoisotopic (exact) mass is 481 g/mol. The van der Waals surface area contributed by atoms with E-state index in [1.807, 2.05) is 13.8 Å². The van der Waals surface area contributed by atoms with E-state index >= 15 is 0 Å². The summed E-state index contributed by atoms with van der Waals surface area (Å²) in [5.74, 6) is -0.358. The van der Waals surface area contributed by atoms with Gasteiger partial charge < -0.3 is 19.0 Å². The summed E-state index contributed by atoms with van der Waals surface area (Å²) in [4.78, 5) is 27.6. The minimum Gasteiger partial charge on any atom is -0.507 e. The number of aliphatic hydroxyl groups is 1. The molecule has 1 aliphatic heterocycles. The molecule has 34 heavy (non-hydrogen) atoms. The van der Waals surface area contributed by atoms with Gasteiger partial charge in [0.05, 0.1) is 30.6 Å². The minimum absolute atomic E-state index is 0.0899. The molecule has 4 rings (SSSR count). The third-order valence-corrected chi connectivity index (χ3v) is 5.66. The van der Waals surface area contributed by atoms with Gasteiger partial charge in [0.25, 0.3) is 11.7 Å². The number of benzene rings is 2. The van der Waals surface area contributed by atoms with Crippen molar-refractivity contribution in [1.29, 1.82) is 0 Å². The predicted molar refractivity (Wildman–Crippen MR) is 128 cm³/mol. The molecule has 8 heteroatoms. The van der Waals surface area contributed by atoms with Crippen LogP contribution in [-0.2, 0) is 9.59 Å². The van der Waals surface area contributed by atoms with Crippen molar-refractivity contribution in [1.82, 2.24) is 0 Å². The standard InChI is InChI=1S/C26H24ClNO6/c1-15(2)14-34-18-7-4-6-16(12-18)24(29)22-23(21-8-5-11-33-21)28(26(31)25(22)30)17-9-10-20(32-3)19(27)13-17/h4-13,15,23,29H,14H2,1-3H3/b24-22-. The second-order valence-corrected chi connectivity index (χ2v) is 8.64. The van der Waals surface area contributed by atoms with E-state index in [0.717, 1.165) is 0 Å². The molecule has 0 spiro atoms. The summed E-state index contributed by atoms with van der Waals surface area (Å²) in [6.45, 7) is 4.55.